The van der Waals surface area contributed by atoms with Crippen LogP contribution in [0.2, 0.25) is 0 Å². The number of likely N-dealkylation sites (tertiary alicyclic amines) is 1. The summed E-state index contributed by atoms with van der Waals surface area (Å²) in [7, 11) is 0. The fourth-order valence-corrected chi connectivity index (χ4v) is 2.92. The van der Waals surface area contributed by atoms with Crippen molar-refractivity contribution in [1.82, 2.24) is 4.90 Å². The molecular weight excluding hydrogens is 260 g/mol. The van der Waals surface area contributed by atoms with E-state index in [9.17, 15) is 0 Å². The number of hydrogen-bond acceptors (Lipinski definition) is 2. The van der Waals surface area contributed by atoms with Gasteiger partial charge in [0.05, 0.1) is 0 Å². The van der Waals surface area contributed by atoms with E-state index in [2.05, 4.69) is 29.1 Å². The highest BCUT2D eigenvalue weighted by Crippen LogP contribution is 2.17. The van der Waals surface area contributed by atoms with Crippen LogP contribution >= 0.6 is 0 Å². The molecule has 2 rings (SSSR count). The number of guanidine groups is 1. The zero-order valence-corrected chi connectivity index (χ0v) is 13.3. The minimum atomic E-state index is 0.516. The highest BCUT2D eigenvalue weighted by molar-refractivity contribution is 5.92. The quantitative estimate of drug-likeness (QED) is 0.647. The Hall–Kier alpha value is -1.55. The third-order valence-electron chi connectivity index (χ3n) is 3.79. The summed E-state index contributed by atoms with van der Waals surface area (Å²) in [6.07, 6.45) is 2.54. The number of nitrogens with zero attached hydrogens (tertiary/aromatic N) is 2. The lowest BCUT2D eigenvalue weighted by Crippen LogP contribution is -2.39. The Bertz CT molecular complexity index is 441. The molecular formula is C17H28N4. The van der Waals surface area contributed by atoms with Gasteiger partial charge in [-0.15, -0.1) is 0 Å². The number of piperidine rings is 1. The van der Waals surface area contributed by atoms with Crippen molar-refractivity contribution in [1.29, 1.82) is 0 Å². The number of hydrogen-bond donors (Lipinski definition) is 2. The zero-order valence-electron chi connectivity index (χ0n) is 13.3. The largest absolute Gasteiger partial charge is 0.370 e. The van der Waals surface area contributed by atoms with Gasteiger partial charge in [0.15, 0.2) is 5.96 Å². The molecule has 1 aromatic carbocycles. The average molecular weight is 288 g/mol. The topological polar surface area (TPSA) is 53.6 Å². The van der Waals surface area contributed by atoms with E-state index in [1.165, 1.54) is 25.9 Å². The second kappa shape index (κ2) is 8.03. The third kappa shape index (κ3) is 5.76. The maximum absolute atomic E-state index is 5.96. The number of nitrogens with two attached hydrogens (primary N) is 1. The lowest BCUT2D eigenvalue weighted by Gasteiger charge is -2.33. The van der Waals surface area contributed by atoms with Gasteiger partial charge in [-0.3, -0.25) is 4.99 Å². The van der Waals surface area contributed by atoms with Crippen molar-refractivity contribution in [3.05, 3.63) is 30.3 Å². The molecule has 1 saturated heterocycles. The molecule has 3 N–H and O–H groups in total. The molecule has 1 aromatic rings. The molecule has 1 fully saturated rings. The zero-order chi connectivity index (χ0) is 15.1. The van der Waals surface area contributed by atoms with Gasteiger partial charge in [-0.2, -0.15) is 0 Å². The van der Waals surface area contributed by atoms with Gasteiger partial charge in [0.2, 0.25) is 0 Å². The number of anilines is 1. The molecule has 1 unspecified atom stereocenters. The number of nitrogens with one attached hydrogen (secondary N) is 1. The molecule has 0 radical (unpaired) electrons. The second-order valence-corrected chi connectivity index (χ2v) is 6.38. The summed E-state index contributed by atoms with van der Waals surface area (Å²) in [4.78, 5) is 7.08. The summed E-state index contributed by atoms with van der Waals surface area (Å²) in [6.45, 7) is 8.96. The van der Waals surface area contributed by atoms with E-state index >= 15 is 0 Å². The monoisotopic (exact) mass is 288 g/mol. The van der Waals surface area contributed by atoms with Crippen molar-refractivity contribution in [2.24, 2.45) is 22.6 Å². The standard InChI is InChI=1S/C17H28N4/c1-14(2)12-21-10-6-7-15(13-21)11-19-17(18)20-16-8-4-3-5-9-16/h3-5,8-9,14-15H,6-7,10-13H2,1-2H3,(H3,18,19,20). The Kier molecular flexibility index (Phi) is 6.05. The van der Waals surface area contributed by atoms with Crippen molar-refractivity contribution >= 4 is 11.6 Å². The van der Waals surface area contributed by atoms with Gasteiger partial charge in [-0.05, 0) is 43.4 Å². The van der Waals surface area contributed by atoms with Crippen molar-refractivity contribution in [3.8, 4) is 0 Å². The predicted molar refractivity (Wildman–Crippen MR) is 90.6 cm³/mol. The Morgan fingerprint density at radius 3 is 2.86 bits per heavy atom. The first-order valence-electron chi connectivity index (χ1n) is 7.98. The summed E-state index contributed by atoms with van der Waals surface area (Å²) in [5.74, 6) is 1.88. The number of para-hydroxylation sites is 1. The van der Waals surface area contributed by atoms with Crippen LogP contribution in [0.5, 0.6) is 0 Å². The van der Waals surface area contributed by atoms with Crippen LogP contribution in [0.1, 0.15) is 26.7 Å². The summed E-state index contributed by atoms with van der Waals surface area (Å²) >= 11 is 0. The molecule has 21 heavy (non-hydrogen) atoms. The predicted octanol–water partition coefficient (Wildman–Crippen LogP) is 2.78. The molecule has 0 amide bonds. The lowest BCUT2D eigenvalue weighted by atomic mass is 9.97. The highest BCUT2D eigenvalue weighted by Gasteiger charge is 2.19. The van der Waals surface area contributed by atoms with E-state index in [-0.39, 0.29) is 0 Å². The third-order valence-corrected chi connectivity index (χ3v) is 3.79. The molecule has 1 heterocycles. The molecule has 116 valence electrons. The van der Waals surface area contributed by atoms with Gasteiger partial charge < -0.3 is 16.0 Å². The normalized spacial score (nSPS) is 20.7. The SMILES string of the molecule is CC(C)CN1CCCC(CN=C(N)Nc2ccccc2)C1. The van der Waals surface area contributed by atoms with Crippen molar-refractivity contribution < 1.29 is 0 Å². The van der Waals surface area contributed by atoms with Gasteiger partial charge in [-0.1, -0.05) is 32.0 Å². The summed E-state index contributed by atoms with van der Waals surface area (Å²) in [6, 6.07) is 9.95. The van der Waals surface area contributed by atoms with Crippen LogP contribution in [0, 0.1) is 11.8 Å². The number of aliphatic imine (C=N–C) groups is 1. The summed E-state index contributed by atoms with van der Waals surface area (Å²) in [5.41, 5.74) is 6.95. The molecule has 0 aromatic heterocycles. The first-order chi connectivity index (χ1) is 10.1. The van der Waals surface area contributed by atoms with E-state index in [4.69, 9.17) is 5.73 Å². The van der Waals surface area contributed by atoms with Crippen LogP contribution in [0.3, 0.4) is 0 Å². The van der Waals surface area contributed by atoms with Crippen LogP contribution in [-0.2, 0) is 0 Å². The van der Waals surface area contributed by atoms with E-state index in [0.29, 0.717) is 11.9 Å². The molecule has 0 aliphatic carbocycles. The smallest absolute Gasteiger partial charge is 0.193 e. The molecule has 0 saturated carbocycles. The maximum Gasteiger partial charge on any atom is 0.193 e. The summed E-state index contributed by atoms with van der Waals surface area (Å²) < 4.78 is 0. The van der Waals surface area contributed by atoms with Crippen LogP contribution < -0.4 is 11.1 Å². The van der Waals surface area contributed by atoms with Crippen molar-refractivity contribution in [2.45, 2.75) is 26.7 Å². The van der Waals surface area contributed by atoms with E-state index in [1.54, 1.807) is 0 Å². The van der Waals surface area contributed by atoms with Crippen LogP contribution in [-0.4, -0.2) is 37.0 Å². The highest BCUT2D eigenvalue weighted by atomic mass is 15.1. The Morgan fingerprint density at radius 1 is 1.38 bits per heavy atom. The van der Waals surface area contributed by atoms with Gasteiger partial charge in [0.1, 0.15) is 0 Å². The van der Waals surface area contributed by atoms with Gasteiger partial charge in [-0.25, -0.2) is 0 Å². The first-order valence-corrected chi connectivity index (χ1v) is 7.98. The van der Waals surface area contributed by atoms with E-state index < -0.39 is 0 Å². The minimum absolute atomic E-state index is 0.516. The molecule has 1 atom stereocenters. The molecule has 4 nitrogen and oxygen atoms in total. The minimum Gasteiger partial charge on any atom is -0.370 e. The van der Waals surface area contributed by atoms with Crippen LogP contribution in [0.25, 0.3) is 0 Å². The fraction of sp³-hybridized carbons (Fsp3) is 0.588. The van der Waals surface area contributed by atoms with Crippen LogP contribution in [0.4, 0.5) is 5.69 Å². The Balaban J connectivity index is 1.79. The van der Waals surface area contributed by atoms with Crippen molar-refractivity contribution in [3.63, 3.8) is 0 Å². The Morgan fingerprint density at radius 2 is 2.14 bits per heavy atom. The van der Waals surface area contributed by atoms with Crippen molar-refractivity contribution in [2.75, 3.05) is 31.5 Å². The maximum atomic E-state index is 5.96. The van der Waals surface area contributed by atoms with Gasteiger partial charge in [0.25, 0.3) is 0 Å². The second-order valence-electron chi connectivity index (χ2n) is 6.38. The average Bonchev–Trinajstić information content (AvgIpc) is 2.46. The van der Waals surface area contributed by atoms with Gasteiger partial charge >= 0.3 is 0 Å². The van der Waals surface area contributed by atoms with E-state index in [1.807, 2.05) is 30.3 Å². The number of rotatable bonds is 5. The fourth-order valence-electron chi connectivity index (χ4n) is 2.92. The molecule has 1 aliphatic heterocycles. The van der Waals surface area contributed by atoms with Gasteiger partial charge in [0, 0.05) is 25.3 Å². The number of benzene rings is 1. The molecule has 4 heteroatoms. The molecule has 1 aliphatic rings. The Labute approximate surface area is 128 Å². The summed E-state index contributed by atoms with van der Waals surface area (Å²) in [5, 5.41) is 3.14. The lowest BCUT2D eigenvalue weighted by molar-refractivity contribution is 0.162. The molecule has 0 bridgehead atoms. The van der Waals surface area contributed by atoms with Crippen LogP contribution in [0.15, 0.2) is 35.3 Å². The van der Waals surface area contributed by atoms with E-state index in [0.717, 1.165) is 24.7 Å². The molecule has 0 spiro atoms. The first kappa shape index (κ1) is 15.8.